The van der Waals surface area contributed by atoms with Crippen molar-refractivity contribution in [3.05, 3.63) is 24.3 Å². The molecule has 1 aliphatic rings. The summed E-state index contributed by atoms with van der Waals surface area (Å²) in [5.74, 6) is -0.222. The number of hydrogen-bond donors (Lipinski definition) is 2. The van der Waals surface area contributed by atoms with Crippen molar-refractivity contribution >= 4 is 10.0 Å². The zero-order chi connectivity index (χ0) is 13.2. The Labute approximate surface area is 107 Å². The van der Waals surface area contributed by atoms with Gasteiger partial charge < -0.3 is 10.0 Å². The number of nitrogens with zero attached hydrogens (tertiary/aromatic N) is 1. The first-order valence-corrected chi connectivity index (χ1v) is 7.47. The SMILES string of the molecule is CN(CCNS(=O)(=O)c1ccccc1O)C1CC1. The molecule has 0 atom stereocenters. The van der Waals surface area contributed by atoms with Gasteiger partial charge in [-0.15, -0.1) is 0 Å². The molecule has 0 aliphatic heterocycles. The first-order valence-electron chi connectivity index (χ1n) is 5.98. The average Bonchev–Trinajstić information content (AvgIpc) is 3.12. The van der Waals surface area contributed by atoms with E-state index in [1.807, 2.05) is 7.05 Å². The predicted molar refractivity (Wildman–Crippen MR) is 68.9 cm³/mol. The number of nitrogens with one attached hydrogen (secondary N) is 1. The zero-order valence-corrected chi connectivity index (χ0v) is 11.2. The lowest BCUT2D eigenvalue weighted by molar-refractivity contribution is 0.329. The molecule has 0 radical (unpaired) electrons. The van der Waals surface area contributed by atoms with E-state index in [4.69, 9.17) is 0 Å². The van der Waals surface area contributed by atoms with Crippen molar-refractivity contribution in [1.82, 2.24) is 9.62 Å². The van der Waals surface area contributed by atoms with Gasteiger partial charge in [0.05, 0.1) is 0 Å². The molecule has 0 amide bonds. The van der Waals surface area contributed by atoms with Crippen molar-refractivity contribution in [1.29, 1.82) is 0 Å². The van der Waals surface area contributed by atoms with Gasteiger partial charge in [0.2, 0.25) is 10.0 Å². The first-order chi connectivity index (χ1) is 8.50. The van der Waals surface area contributed by atoms with E-state index in [2.05, 4.69) is 9.62 Å². The van der Waals surface area contributed by atoms with Crippen LogP contribution in [0.2, 0.25) is 0 Å². The molecule has 1 saturated carbocycles. The Morgan fingerprint density at radius 1 is 1.39 bits per heavy atom. The summed E-state index contributed by atoms with van der Waals surface area (Å²) < 4.78 is 26.4. The third-order valence-electron chi connectivity index (χ3n) is 3.08. The molecule has 2 rings (SSSR count). The van der Waals surface area contributed by atoms with Crippen molar-refractivity contribution in [2.24, 2.45) is 0 Å². The summed E-state index contributed by atoms with van der Waals surface area (Å²) in [5.41, 5.74) is 0. The highest BCUT2D eigenvalue weighted by Gasteiger charge is 2.26. The molecular formula is C12H18N2O3S. The summed E-state index contributed by atoms with van der Waals surface area (Å²) in [6.07, 6.45) is 2.39. The highest BCUT2D eigenvalue weighted by molar-refractivity contribution is 7.89. The number of rotatable bonds is 6. The van der Waals surface area contributed by atoms with Crippen LogP contribution in [0.15, 0.2) is 29.2 Å². The van der Waals surface area contributed by atoms with Crippen LogP contribution in [0, 0.1) is 0 Å². The molecule has 0 heterocycles. The number of hydrogen-bond acceptors (Lipinski definition) is 4. The number of para-hydroxylation sites is 1. The van der Waals surface area contributed by atoms with Crippen LogP contribution in [0.5, 0.6) is 5.75 Å². The largest absolute Gasteiger partial charge is 0.507 e. The van der Waals surface area contributed by atoms with Crippen LogP contribution in [0.25, 0.3) is 0 Å². The second kappa shape index (κ2) is 5.26. The van der Waals surface area contributed by atoms with Crippen molar-refractivity contribution in [3.63, 3.8) is 0 Å². The zero-order valence-electron chi connectivity index (χ0n) is 10.3. The molecule has 0 bridgehead atoms. The van der Waals surface area contributed by atoms with Gasteiger partial charge in [0.1, 0.15) is 10.6 Å². The van der Waals surface area contributed by atoms with Crippen LogP contribution in [-0.2, 0) is 10.0 Å². The van der Waals surface area contributed by atoms with E-state index < -0.39 is 10.0 Å². The van der Waals surface area contributed by atoms with Crippen LogP contribution < -0.4 is 4.72 Å². The Morgan fingerprint density at radius 3 is 2.67 bits per heavy atom. The molecule has 6 heteroatoms. The van der Waals surface area contributed by atoms with Gasteiger partial charge in [-0.2, -0.15) is 0 Å². The fourth-order valence-corrected chi connectivity index (χ4v) is 2.93. The molecule has 100 valence electrons. The fraction of sp³-hybridized carbons (Fsp3) is 0.500. The summed E-state index contributed by atoms with van der Waals surface area (Å²) >= 11 is 0. The Morgan fingerprint density at radius 2 is 2.06 bits per heavy atom. The van der Waals surface area contributed by atoms with Crippen molar-refractivity contribution < 1.29 is 13.5 Å². The van der Waals surface area contributed by atoms with Gasteiger partial charge in [0, 0.05) is 19.1 Å². The Balaban J connectivity index is 1.93. The Hall–Kier alpha value is -1.11. The molecule has 1 aliphatic carbocycles. The lowest BCUT2D eigenvalue weighted by Crippen LogP contribution is -2.34. The normalized spacial score (nSPS) is 16.1. The van der Waals surface area contributed by atoms with Gasteiger partial charge in [-0.1, -0.05) is 12.1 Å². The van der Waals surface area contributed by atoms with Gasteiger partial charge in [-0.05, 0) is 32.0 Å². The maximum atomic E-state index is 11.9. The number of sulfonamides is 1. The van der Waals surface area contributed by atoms with E-state index in [1.165, 1.54) is 25.0 Å². The topological polar surface area (TPSA) is 69.6 Å². The second-order valence-electron chi connectivity index (χ2n) is 4.58. The maximum absolute atomic E-state index is 11.9. The summed E-state index contributed by atoms with van der Waals surface area (Å²) in [5, 5.41) is 9.52. The molecule has 0 spiro atoms. The summed E-state index contributed by atoms with van der Waals surface area (Å²) in [7, 11) is -1.63. The van der Waals surface area contributed by atoms with Gasteiger partial charge in [0.15, 0.2) is 0 Å². The van der Waals surface area contributed by atoms with E-state index in [-0.39, 0.29) is 10.6 Å². The molecule has 1 fully saturated rings. The molecule has 1 aromatic rings. The summed E-state index contributed by atoms with van der Waals surface area (Å²) in [4.78, 5) is 2.08. The van der Waals surface area contributed by atoms with E-state index in [0.29, 0.717) is 19.1 Å². The molecule has 5 nitrogen and oxygen atoms in total. The average molecular weight is 270 g/mol. The van der Waals surface area contributed by atoms with E-state index >= 15 is 0 Å². The Bertz CT molecular complexity index is 512. The van der Waals surface area contributed by atoms with E-state index in [0.717, 1.165) is 0 Å². The van der Waals surface area contributed by atoms with Crippen LogP contribution >= 0.6 is 0 Å². The fourth-order valence-electron chi connectivity index (χ4n) is 1.82. The van der Waals surface area contributed by atoms with E-state index in [1.54, 1.807) is 12.1 Å². The molecule has 2 N–H and O–H groups in total. The summed E-state index contributed by atoms with van der Waals surface area (Å²) in [6.45, 7) is 1.03. The molecule has 1 aromatic carbocycles. The quantitative estimate of drug-likeness (QED) is 0.801. The number of benzene rings is 1. The second-order valence-corrected chi connectivity index (χ2v) is 6.31. The van der Waals surface area contributed by atoms with E-state index in [9.17, 15) is 13.5 Å². The minimum absolute atomic E-state index is 0.0703. The van der Waals surface area contributed by atoms with Gasteiger partial charge in [0.25, 0.3) is 0 Å². The molecular weight excluding hydrogens is 252 g/mol. The highest BCUT2D eigenvalue weighted by atomic mass is 32.2. The van der Waals surface area contributed by atoms with Crippen LogP contribution in [0.1, 0.15) is 12.8 Å². The molecule has 0 aromatic heterocycles. The van der Waals surface area contributed by atoms with Crippen molar-refractivity contribution in [2.45, 2.75) is 23.8 Å². The lowest BCUT2D eigenvalue weighted by atomic mass is 10.3. The monoisotopic (exact) mass is 270 g/mol. The summed E-state index contributed by atoms with van der Waals surface area (Å²) in [6, 6.07) is 6.55. The molecule has 0 unspecified atom stereocenters. The highest BCUT2D eigenvalue weighted by Crippen LogP contribution is 2.25. The molecule has 18 heavy (non-hydrogen) atoms. The van der Waals surface area contributed by atoms with Crippen LogP contribution in [0.4, 0.5) is 0 Å². The number of aromatic hydroxyl groups is 1. The van der Waals surface area contributed by atoms with Gasteiger partial charge in [-0.25, -0.2) is 13.1 Å². The first kappa shape index (κ1) is 13.3. The number of likely N-dealkylation sites (N-methyl/N-ethyl adjacent to an activating group) is 1. The van der Waals surface area contributed by atoms with Crippen LogP contribution in [0.3, 0.4) is 0 Å². The smallest absolute Gasteiger partial charge is 0.244 e. The van der Waals surface area contributed by atoms with Gasteiger partial charge >= 0.3 is 0 Å². The van der Waals surface area contributed by atoms with Crippen molar-refractivity contribution in [2.75, 3.05) is 20.1 Å². The third kappa shape index (κ3) is 3.22. The minimum atomic E-state index is -3.62. The maximum Gasteiger partial charge on any atom is 0.244 e. The number of phenols is 1. The Kier molecular flexibility index (Phi) is 3.89. The van der Waals surface area contributed by atoms with Gasteiger partial charge in [-0.3, -0.25) is 0 Å². The minimum Gasteiger partial charge on any atom is -0.507 e. The third-order valence-corrected chi connectivity index (χ3v) is 4.59. The van der Waals surface area contributed by atoms with Crippen LogP contribution in [-0.4, -0.2) is 44.6 Å². The predicted octanol–water partition coefficient (Wildman–Crippen LogP) is 0.765. The number of phenolic OH excluding ortho intramolecular Hbond substituents is 1. The molecule has 0 saturated heterocycles. The van der Waals surface area contributed by atoms with Crippen molar-refractivity contribution in [3.8, 4) is 5.75 Å². The lowest BCUT2D eigenvalue weighted by Gasteiger charge is -2.16. The standard InChI is InChI=1S/C12H18N2O3S/c1-14(10-6-7-10)9-8-13-18(16,17)12-5-3-2-4-11(12)15/h2-5,10,13,15H,6-9H2,1H3.